The van der Waals surface area contributed by atoms with Gasteiger partial charge in [0.05, 0.1) is 24.9 Å². The number of aromatic nitrogens is 2. The molecule has 1 aromatic heterocycles. The molecule has 92 valence electrons. The van der Waals surface area contributed by atoms with E-state index in [4.69, 9.17) is 5.53 Å². The summed E-state index contributed by atoms with van der Waals surface area (Å²) in [5, 5.41) is 16.0. The molecule has 1 aliphatic heterocycles. The van der Waals surface area contributed by atoms with Gasteiger partial charge in [-0.15, -0.1) is 0 Å². The highest BCUT2D eigenvalue weighted by molar-refractivity contribution is 5.03. The monoisotopic (exact) mass is 238 g/mol. The number of fused-ring (bicyclic) bond motifs is 1. The maximum Gasteiger partial charge on any atom is 0.328 e. The molecule has 0 aromatic carbocycles. The summed E-state index contributed by atoms with van der Waals surface area (Å²) >= 11 is 0. The predicted octanol–water partition coefficient (Wildman–Crippen LogP) is -0.576. The Kier molecular flexibility index (Phi) is 3.48. The van der Waals surface area contributed by atoms with Crippen LogP contribution >= 0.6 is 0 Å². The molecule has 0 saturated heterocycles. The first kappa shape index (κ1) is 11.7. The van der Waals surface area contributed by atoms with Crippen molar-refractivity contribution < 1.29 is 5.11 Å². The summed E-state index contributed by atoms with van der Waals surface area (Å²) in [5.74, 6) is 0. The summed E-state index contributed by atoms with van der Waals surface area (Å²) < 4.78 is 3.15. The van der Waals surface area contributed by atoms with E-state index in [0.29, 0.717) is 13.1 Å². The highest BCUT2D eigenvalue weighted by Gasteiger charge is 2.15. The SMILES string of the molecule is [N-]=[N+]=NCC(O)Cn1cc2n(c1=O)CCNC2. The first-order chi connectivity index (χ1) is 8.22. The van der Waals surface area contributed by atoms with Gasteiger partial charge < -0.3 is 10.4 Å². The number of nitrogens with one attached hydrogen (secondary N) is 1. The number of aliphatic hydroxyl groups is 1. The quantitative estimate of drug-likeness (QED) is 0.416. The topological polar surface area (TPSA) is 108 Å². The zero-order valence-corrected chi connectivity index (χ0v) is 9.28. The van der Waals surface area contributed by atoms with Crippen molar-refractivity contribution in [3.05, 3.63) is 32.8 Å². The van der Waals surface area contributed by atoms with Crippen LogP contribution in [0.4, 0.5) is 0 Å². The van der Waals surface area contributed by atoms with Gasteiger partial charge in [0.2, 0.25) is 0 Å². The molecule has 1 aromatic rings. The maximum absolute atomic E-state index is 11.9. The van der Waals surface area contributed by atoms with Crippen LogP contribution in [0, 0.1) is 0 Å². The van der Waals surface area contributed by atoms with Crippen LogP contribution in [-0.4, -0.2) is 33.4 Å². The Balaban J connectivity index is 2.14. The molecule has 0 saturated carbocycles. The third-order valence-electron chi connectivity index (χ3n) is 2.71. The standard InChI is InChI=1S/C9H14N6O2/c10-13-12-4-8(16)6-14-5-7-3-11-1-2-15(7)9(14)17/h5,8,11,16H,1-4,6H2. The van der Waals surface area contributed by atoms with E-state index in [1.54, 1.807) is 10.8 Å². The Labute approximate surface area is 97.1 Å². The number of imidazole rings is 1. The summed E-state index contributed by atoms with van der Waals surface area (Å²) in [6, 6.07) is 0. The first-order valence-corrected chi connectivity index (χ1v) is 5.41. The highest BCUT2D eigenvalue weighted by Crippen LogP contribution is 2.03. The predicted molar refractivity (Wildman–Crippen MR) is 60.4 cm³/mol. The summed E-state index contributed by atoms with van der Waals surface area (Å²) in [5.41, 5.74) is 8.93. The maximum atomic E-state index is 11.9. The number of azide groups is 1. The molecule has 0 radical (unpaired) electrons. The summed E-state index contributed by atoms with van der Waals surface area (Å²) in [4.78, 5) is 14.5. The normalized spacial score (nSPS) is 16.1. The van der Waals surface area contributed by atoms with E-state index in [0.717, 1.165) is 12.2 Å². The third-order valence-corrected chi connectivity index (χ3v) is 2.71. The third kappa shape index (κ3) is 2.50. The molecule has 0 aliphatic carbocycles. The minimum atomic E-state index is -0.832. The molecular weight excluding hydrogens is 224 g/mol. The highest BCUT2D eigenvalue weighted by atomic mass is 16.3. The Hall–Kier alpha value is -1.76. The van der Waals surface area contributed by atoms with E-state index in [2.05, 4.69) is 15.3 Å². The Bertz CT molecular complexity index is 498. The molecule has 8 nitrogen and oxygen atoms in total. The number of hydrogen-bond acceptors (Lipinski definition) is 4. The van der Waals surface area contributed by atoms with Crippen molar-refractivity contribution in [1.82, 2.24) is 14.5 Å². The van der Waals surface area contributed by atoms with Crippen LogP contribution in [-0.2, 0) is 19.6 Å². The number of rotatable bonds is 4. The van der Waals surface area contributed by atoms with Crippen molar-refractivity contribution >= 4 is 0 Å². The van der Waals surface area contributed by atoms with E-state index in [1.807, 2.05) is 0 Å². The van der Waals surface area contributed by atoms with E-state index < -0.39 is 6.10 Å². The van der Waals surface area contributed by atoms with E-state index in [-0.39, 0.29) is 18.8 Å². The zero-order chi connectivity index (χ0) is 12.3. The molecule has 2 N–H and O–H groups in total. The van der Waals surface area contributed by atoms with Crippen molar-refractivity contribution in [2.75, 3.05) is 13.1 Å². The van der Waals surface area contributed by atoms with Crippen LogP contribution in [0.2, 0.25) is 0 Å². The minimum Gasteiger partial charge on any atom is -0.391 e. The molecule has 2 heterocycles. The molecule has 1 aliphatic rings. The van der Waals surface area contributed by atoms with Crippen molar-refractivity contribution in [2.45, 2.75) is 25.7 Å². The molecule has 1 atom stereocenters. The lowest BCUT2D eigenvalue weighted by Crippen LogP contribution is -2.35. The van der Waals surface area contributed by atoms with Crippen molar-refractivity contribution in [3.63, 3.8) is 0 Å². The molecule has 1 unspecified atom stereocenters. The van der Waals surface area contributed by atoms with Crippen LogP contribution in [0.15, 0.2) is 16.1 Å². The van der Waals surface area contributed by atoms with Gasteiger partial charge in [-0.25, -0.2) is 4.79 Å². The molecule has 8 heteroatoms. The molecular formula is C9H14N6O2. The molecule has 0 amide bonds. The first-order valence-electron chi connectivity index (χ1n) is 5.41. The lowest BCUT2D eigenvalue weighted by atomic mass is 10.3. The van der Waals surface area contributed by atoms with Gasteiger partial charge in [0.25, 0.3) is 0 Å². The van der Waals surface area contributed by atoms with E-state index in [1.165, 1.54) is 4.57 Å². The number of nitrogens with zero attached hydrogens (tertiary/aromatic N) is 5. The number of aliphatic hydroxyl groups excluding tert-OH is 1. The Morgan fingerprint density at radius 1 is 1.71 bits per heavy atom. The van der Waals surface area contributed by atoms with Gasteiger partial charge in [-0.1, -0.05) is 5.11 Å². The second kappa shape index (κ2) is 5.05. The summed E-state index contributed by atoms with van der Waals surface area (Å²) in [7, 11) is 0. The minimum absolute atomic E-state index is 0.0261. The fourth-order valence-corrected chi connectivity index (χ4v) is 1.92. The van der Waals surface area contributed by atoms with E-state index in [9.17, 15) is 9.90 Å². The van der Waals surface area contributed by atoms with Gasteiger partial charge in [0.15, 0.2) is 0 Å². The average Bonchev–Trinajstić information content (AvgIpc) is 2.64. The number of hydrogen-bond donors (Lipinski definition) is 2. The lowest BCUT2D eigenvalue weighted by Gasteiger charge is -2.13. The van der Waals surface area contributed by atoms with Crippen molar-refractivity contribution in [2.24, 2.45) is 5.11 Å². The van der Waals surface area contributed by atoms with Crippen molar-refractivity contribution in [3.8, 4) is 0 Å². The summed E-state index contributed by atoms with van der Waals surface area (Å²) in [6.45, 7) is 2.21. The van der Waals surface area contributed by atoms with Crippen LogP contribution in [0.1, 0.15) is 5.69 Å². The van der Waals surface area contributed by atoms with Crippen LogP contribution in [0.25, 0.3) is 10.4 Å². The smallest absolute Gasteiger partial charge is 0.328 e. The lowest BCUT2D eigenvalue weighted by molar-refractivity contribution is 0.160. The Morgan fingerprint density at radius 2 is 2.53 bits per heavy atom. The molecule has 2 rings (SSSR count). The van der Waals surface area contributed by atoms with Gasteiger partial charge in [-0.05, 0) is 5.53 Å². The largest absolute Gasteiger partial charge is 0.391 e. The van der Waals surface area contributed by atoms with Gasteiger partial charge in [-0.2, -0.15) is 0 Å². The summed E-state index contributed by atoms with van der Waals surface area (Å²) in [6.07, 6.45) is 0.898. The second-order valence-corrected chi connectivity index (χ2v) is 3.95. The van der Waals surface area contributed by atoms with Crippen LogP contribution in [0.5, 0.6) is 0 Å². The molecule has 0 fully saturated rings. The fourth-order valence-electron chi connectivity index (χ4n) is 1.92. The van der Waals surface area contributed by atoms with Gasteiger partial charge in [-0.3, -0.25) is 9.13 Å². The average molecular weight is 238 g/mol. The van der Waals surface area contributed by atoms with E-state index >= 15 is 0 Å². The molecule has 17 heavy (non-hydrogen) atoms. The van der Waals surface area contributed by atoms with Gasteiger partial charge >= 0.3 is 5.69 Å². The van der Waals surface area contributed by atoms with Gasteiger partial charge in [0.1, 0.15) is 0 Å². The van der Waals surface area contributed by atoms with Crippen LogP contribution in [0.3, 0.4) is 0 Å². The van der Waals surface area contributed by atoms with Gasteiger partial charge in [0, 0.05) is 30.7 Å². The van der Waals surface area contributed by atoms with Crippen molar-refractivity contribution in [1.29, 1.82) is 0 Å². The van der Waals surface area contributed by atoms with Crippen LogP contribution < -0.4 is 11.0 Å². The zero-order valence-electron chi connectivity index (χ0n) is 9.28. The molecule has 0 spiro atoms. The molecule has 0 bridgehead atoms. The Morgan fingerprint density at radius 3 is 3.24 bits per heavy atom. The second-order valence-electron chi connectivity index (χ2n) is 3.95. The fraction of sp³-hybridized carbons (Fsp3) is 0.667.